The van der Waals surface area contributed by atoms with E-state index in [0.29, 0.717) is 21.6 Å². The van der Waals surface area contributed by atoms with Crippen molar-refractivity contribution in [2.75, 3.05) is 6.61 Å². The van der Waals surface area contributed by atoms with Crippen LogP contribution in [0.2, 0.25) is 5.15 Å². The molecule has 0 unspecified atom stereocenters. The molecule has 1 aromatic carbocycles. The second-order valence-electron chi connectivity index (χ2n) is 4.91. The second kappa shape index (κ2) is 7.43. The van der Waals surface area contributed by atoms with Gasteiger partial charge in [0.05, 0.1) is 17.7 Å². The average Bonchev–Trinajstić information content (AvgIpc) is 3.04. The number of pyridine rings is 1. The highest BCUT2D eigenvalue weighted by Crippen LogP contribution is 2.35. The molecule has 0 aliphatic heterocycles. The fourth-order valence-corrected chi connectivity index (χ4v) is 2.97. The van der Waals surface area contributed by atoms with E-state index in [1.807, 2.05) is 6.07 Å². The predicted molar refractivity (Wildman–Crippen MR) is 95.4 cm³/mol. The topological polar surface area (TPSA) is 121 Å². The van der Waals surface area contributed by atoms with Crippen LogP contribution >= 0.6 is 23.1 Å². The van der Waals surface area contributed by atoms with Crippen LogP contribution in [-0.4, -0.2) is 27.0 Å². The van der Waals surface area contributed by atoms with Crippen molar-refractivity contribution in [3.05, 3.63) is 40.7 Å². The van der Waals surface area contributed by atoms with E-state index in [1.165, 1.54) is 24.4 Å². The van der Waals surface area contributed by atoms with Gasteiger partial charge in [-0.1, -0.05) is 11.6 Å². The van der Waals surface area contributed by atoms with E-state index in [1.54, 1.807) is 6.92 Å². The number of azo groups is 1. The average molecular weight is 388 g/mol. The Balaban J connectivity index is 1.96. The molecule has 1 N–H and O–H groups in total. The van der Waals surface area contributed by atoms with Crippen LogP contribution in [-0.2, 0) is 4.74 Å². The highest BCUT2D eigenvalue weighted by atomic mass is 35.5. The summed E-state index contributed by atoms with van der Waals surface area (Å²) in [6.07, 6.45) is 1.47. The third-order valence-electron chi connectivity index (χ3n) is 3.30. The summed E-state index contributed by atoms with van der Waals surface area (Å²) in [7, 11) is 0. The zero-order valence-corrected chi connectivity index (χ0v) is 14.9. The quantitative estimate of drug-likeness (QED) is 0.399. The van der Waals surface area contributed by atoms with Gasteiger partial charge in [0.25, 0.3) is 0 Å². The van der Waals surface area contributed by atoms with E-state index < -0.39 is 5.97 Å². The van der Waals surface area contributed by atoms with Gasteiger partial charge in [-0.3, -0.25) is 0 Å². The summed E-state index contributed by atoms with van der Waals surface area (Å²) in [5.41, 5.74) is 0.924. The summed E-state index contributed by atoms with van der Waals surface area (Å²) < 4.78 is 9.05. The molecule has 130 valence electrons. The van der Waals surface area contributed by atoms with E-state index in [4.69, 9.17) is 21.6 Å². The lowest BCUT2D eigenvalue weighted by Crippen LogP contribution is -2.04. The van der Waals surface area contributed by atoms with Crippen LogP contribution in [0, 0.1) is 11.3 Å². The molecule has 26 heavy (non-hydrogen) atoms. The maximum absolute atomic E-state index is 11.8. The number of aromatic nitrogens is 2. The number of ether oxygens (including phenoxy) is 1. The van der Waals surface area contributed by atoms with Crippen LogP contribution in [0.4, 0.5) is 10.7 Å². The molecule has 0 amide bonds. The van der Waals surface area contributed by atoms with Crippen LogP contribution in [0.5, 0.6) is 5.75 Å². The Bertz CT molecular complexity index is 1070. The number of hydrogen-bond donors (Lipinski definition) is 1. The number of nitrogens with zero attached hydrogens (tertiary/aromatic N) is 5. The van der Waals surface area contributed by atoms with Crippen molar-refractivity contribution < 1.29 is 14.6 Å². The molecule has 10 heteroatoms. The zero-order valence-electron chi connectivity index (χ0n) is 13.3. The number of carbonyl (C=O) groups is 1. The molecule has 0 atom stereocenters. The highest BCUT2D eigenvalue weighted by molar-refractivity contribution is 7.11. The normalized spacial score (nSPS) is 11.0. The molecule has 2 heterocycles. The molecular formula is C16H10ClN5O3S. The van der Waals surface area contributed by atoms with Gasteiger partial charge in [0.2, 0.25) is 0 Å². The SMILES string of the molecule is CCOC(=O)c1cc(/N=N/c2snc3c(C#N)c(Cl)ncc23)ccc1O. The Morgan fingerprint density at radius 3 is 3.00 bits per heavy atom. The summed E-state index contributed by atoms with van der Waals surface area (Å²) in [6, 6.07) is 6.17. The van der Waals surface area contributed by atoms with Gasteiger partial charge in [-0.05, 0) is 36.7 Å². The monoisotopic (exact) mass is 387 g/mol. The van der Waals surface area contributed by atoms with Crippen LogP contribution in [0.25, 0.3) is 10.9 Å². The van der Waals surface area contributed by atoms with Crippen molar-refractivity contribution in [3.8, 4) is 11.8 Å². The lowest BCUT2D eigenvalue weighted by atomic mass is 10.2. The van der Waals surface area contributed by atoms with E-state index in [9.17, 15) is 9.90 Å². The van der Waals surface area contributed by atoms with E-state index >= 15 is 0 Å². The lowest BCUT2D eigenvalue weighted by molar-refractivity contribution is 0.0523. The number of phenolic OH excluding ortho intramolecular Hbond substituents is 1. The molecule has 0 aliphatic rings. The Morgan fingerprint density at radius 2 is 2.27 bits per heavy atom. The van der Waals surface area contributed by atoms with Gasteiger partial charge in [0.1, 0.15) is 33.6 Å². The van der Waals surface area contributed by atoms with Crippen LogP contribution in [0.1, 0.15) is 22.8 Å². The first-order valence-corrected chi connectivity index (χ1v) is 8.46. The number of phenols is 1. The Morgan fingerprint density at radius 1 is 1.46 bits per heavy atom. The number of aromatic hydroxyl groups is 1. The van der Waals surface area contributed by atoms with Crippen LogP contribution in [0.15, 0.2) is 34.6 Å². The Hall–Kier alpha value is -3.09. The van der Waals surface area contributed by atoms with Gasteiger partial charge in [0.15, 0.2) is 5.00 Å². The van der Waals surface area contributed by atoms with Gasteiger partial charge in [-0.25, -0.2) is 9.78 Å². The summed E-state index contributed by atoms with van der Waals surface area (Å²) >= 11 is 6.92. The fourth-order valence-electron chi connectivity index (χ4n) is 2.10. The minimum absolute atomic E-state index is 0.00215. The van der Waals surface area contributed by atoms with Crippen LogP contribution < -0.4 is 0 Å². The Labute approximate surface area is 156 Å². The molecule has 0 fully saturated rings. The number of halogens is 1. The fraction of sp³-hybridized carbons (Fsp3) is 0.125. The molecule has 0 bridgehead atoms. The van der Waals surface area contributed by atoms with E-state index in [0.717, 1.165) is 11.5 Å². The Kier molecular flexibility index (Phi) is 5.06. The van der Waals surface area contributed by atoms with Crippen molar-refractivity contribution in [1.29, 1.82) is 5.26 Å². The lowest BCUT2D eigenvalue weighted by Gasteiger charge is -2.04. The minimum Gasteiger partial charge on any atom is -0.507 e. The smallest absolute Gasteiger partial charge is 0.341 e. The van der Waals surface area contributed by atoms with Gasteiger partial charge in [-0.15, -0.1) is 10.2 Å². The zero-order chi connectivity index (χ0) is 18.7. The molecule has 0 aliphatic carbocycles. The van der Waals surface area contributed by atoms with Crippen molar-refractivity contribution >= 4 is 50.7 Å². The first-order chi connectivity index (χ1) is 12.5. The number of hydrogen-bond acceptors (Lipinski definition) is 9. The maximum Gasteiger partial charge on any atom is 0.341 e. The standard InChI is InChI=1S/C16H10ClN5O3S/c1-2-25-16(24)9-5-8(3-4-12(9)23)20-21-15-11-7-19-14(17)10(6-18)13(11)22-26-15/h3-5,7,23H,2H2,1H3/b21-20+. The number of esters is 1. The largest absolute Gasteiger partial charge is 0.507 e. The maximum atomic E-state index is 11.8. The van der Waals surface area contributed by atoms with Gasteiger partial charge in [-0.2, -0.15) is 9.64 Å². The third-order valence-corrected chi connectivity index (χ3v) is 4.34. The predicted octanol–water partition coefficient (Wildman–Crippen LogP) is 4.51. The van der Waals surface area contributed by atoms with E-state index in [2.05, 4.69) is 19.6 Å². The third kappa shape index (κ3) is 3.33. The number of carbonyl (C=O) groups excluding carboxylic acids is 1. The van der Waals surface area contributed by atoms with Gasteiger partial charge >= 0.3 is 5.97 Å². The molecule has 8 nitrogen and oxygen atoms in total. The first-order valence-electron chi connectivity index (χ1n) is 7.31. The number of rotatable bonds is 4. The number of benzene rings is 1. The van der Waals surface area contributed by atoms with Gasteiger partial charge in [0, 0.05) is 6.20 Å². The molecule has 0 radical (unpaired) electrons. The summed E-state index contributed by atoms with van der Waals surface area (Å²) in [5.74, 6) is -0.856. The van der Waals surface area contributed by atoms with Crippen molar-refractivity contribution in [3.63, 3.8) is 0 Å². The van der Waals surface area contributed by atoms with Crippen molar-refractivity contribution in [2.24, 2.45) is 10.2 Å². The summed E-state index contributed by atoms with van der Waals surface area (Å²) in [4.78, 5) is 15.8. The molecule has 0 saturated carbocycles. The minimum atomic E-state index is -0.650. The number of fused-ring (bicyclic) bond motifs is 1. The molecule has 0 spiro atoms. The first kappa shape index (κ1) is 17.7. The summed E-state index contributed by atoms with van der Waals surface area (Å²) in [6.45, 7) is 1.86. The molecule has 0 saturated heterocycles. The molecule has 2 aromatic heterocycles. The highest BCUT2D eigenvalue weighted by Gasteiger charge is 2.15. The molecule has 3 rings (SSSR count). The van der Waals surface area contributed by atoms with Crippen molar-refractivity contribution in [2.45, 2.75) is 6.92 Å². The molecule has 3 aromatic rings. The molecular weight excluding hydrogens is 378 g/mol. The van der Waals surface area contributed by atoms with Crippen molar-refractivity contribution in [1.82, 2.24) is 9.36 Å². The van der Waals surface area contributed by atoms with Gasteiger partial charge < -0.3 is 9.84 Å². The number of nitriles is 1. The second-order valence-corrected chi connectivity index (χ2v) is 6.02. The summed E-state index contributed by atoms with van der Waals surface area (Å²) in [5, 5.41) is 28.1. The van der Waals surface area contributed by atoms with Crippen LogP contribution in [0.3, 0.4) is 0 Å². The van der Waals surface area contributed by atoms with E-state index in [-0.39, 0.29) is 28.6 Å².